The van der Waals surface area contributed by atoms with Crippen LogP contribution in [-0.4, -0.2) is 24.3 Å². The fourth-order valence-corrected chi connectivity index (χ4v) is 3.04. The smallest absolute Gasteiger partial charge is 0.339 e. The first-order valence-electron chi connectivity index (χ1n) is 8.97. The highest BCUT2D eigenvalue weighted by molar-refractivity contribution is 6.31. The zero-order chi connectivity index (χ0) is 21.7. The van der Waals surface area contributed by atoms with Crippen molar-refractivity contribution in [3.8, 4) is 0 Å². The molecule has 1 N–H and O–H groups in total. The molecule has 0 spiro atoms. The number of carbonyl (C=O) groups excluding carboxylic acids is 3. The molecule has 0 heterocycles. The molecule has 3 aromatic carbocycles. The second-order valence-corrected chi connectivity index (χ2v) is 7.34. The quantitative estimate of drug-likeness (QED) is 0.414. The van der Waals surface area contributed by atoms with Gasteiger partial charge in [-0.2, -0.15) is 0 Å². The third-order valence-electron chi connectivity index (χ3n) is 4.31. The van der Waals surface area contributed by atoms with E-state index in [-0.39, 0.29) is 16.9 Å². The van der Waals surface area contributed by atoms with Crippen LogP contribution < -0.4 is 5.32 Å². The average molecular weight is 442 g/mol. The van der Waals surface area contributed by atoms with Crippen LogP contribution in [0.1, 0.15) is 31.8 Å². The Morgan fingerprint density at radius 3 is 2.20 bits per heavy atom. The largest absolute Gasteiger partial charge is 0.452 e. The highest BCUT2D eigenvalue weighted by atomic mass is 35.5. The van der Waals surface area contributed by atoms with Crippen molar-refractivity contribution < 1.29 is 19.1 Å². The van der Waals surface area contributed by atoms with Gasteiger partial charge in [-0.25, -0.2) is 4.79 Å². The number of esters is 1. The Balaban J connectivity index is 1.70. The first kappa shape index (κ1) is 21.6. The summed E-state index contributed by atoms with van der Waals surface area (Å²) in [4.78, 5) is 37.5. The fourth-order valence-electron chi connectivity index (χ4n) is 2.74. The molecular weight excluding hydrogens is 425 g/mol. The SMILES string of the molecule is Cc1ccc(Cl)cc1NC(=O)COC(=O)c1ccccc1C(=O)c1ccc(Cl)cc1. The van der Waals surface area contributed by atoms with Crippen LogP contribution in [0.25, 0.3) is 0 Å². The summed E-state index contributed by atoms with van der Waals surface area (Å²) in [5.74, 6) is -1.64. The Bertz CT molecular complexity index is 1110. The van der Waals surface area contributed by atoms with Gasteiger partial charge in [-0.05, 0) is 55.0 Å². The number of benzene rings is 3. The molecule has 5 nitrogen and oxygen atoms in total. The van der Waals surface area contributed by atoms with Crippen LogP contribution in [0, 0.1) is 6.92 Å². The van der Waals surface area contributed by atoms with E-state index >= 15 is 0 Å². The number of aryl methyl sites for hydroxylation is 1. The molecule has 3 aromatic rings. The molecule has 30 heavy (non-hydrogen) atoms. The number of anilines is 1. The number of ether oxygens (including phenoxy) is 1. The lowest BCUT2D eigenvalue weighted by atomic mass is 9.98. The van der Waals surface area contributed by atoms with Crippen LogP contribution in [-0.2, 0) is 9.53 Å². The number of carbonyl (C=O) groups is 3. The highest BCUT2D eigenvalue weighted by Gasteiger charge is 2.20. The van der Waals surface area contributed by atoms with E-state index in [1.165, 1.54) is 12.1 Å². The zero-order valence-electron chi connectivity index (χ0n) is 15.9. The Kier molecular flexibility index (Phi) is 6.87. The van der Waals surface area contributed by atoms with E-state index in [0.29, 0.717) is 21.3 Å². The molecule has 0 fully saturated rings. The van der Waals surface area contributed by atoms with Gasteiger partial charge in [0.15, 0.2) is 12.4 Å². The van der Waals surface area contributed by atoms with Gasteiger partial charge in [-0.15, -0.1) is 0 Å². The van der Waals surface area contributed by atoms with Crippen LogP contribution in [0.3, 0.4) is 0 Å². The number of nitrogens with one attached hydrogen (secondary N) is 1. The monoisotopic (exact) mass is 441 g/mol. The molecule has 0 aliphatic carbocycles. The highest BCUT2D eigenvalue weighted by Crippen LogP contribution is 2.20. The summed E-state index contributed by atoms with van der Waals surface area (Å²) >= 11 is 11.8. The van der Waals surface area contributed by atoms with Crippen molar-refractivity contribution in [1.82, 2.24) is 0 Å². The summed E-state index contributed by atoms with van der Waals surface area (Å²) in [5, 5.41) is 3.62. The van der Waals surface area contributed by atoms with E-state index in [0.717, 1.165) is 5.56 Å². The lowest BCUT2D eigenvalue weighted by Crippen LogP contribution is -2.22. The van der Waals surface area contributed by atoms with Gasteiger partial charge in [0.25, 0.3) is 5.91 Å². The summed E-state index contributed by atoms with van der Waals surface area (Å²) in [6, 6.07) is 17.7. The van der Waals surface area contributed by atoms with Crippen molar-refractivity contribution >= 4 is 46.5 Å². The van der Waals surface area contributed by atoms with Gasteiger partial charge in [0.2, 0.25) is 0 Å². The number of ketones is 1. The summed E-state index contributed by atoms with van der Waals surface area (Å²) < 4.78 is 5.12. The standard InChI is InChI=1S/C23H17Cl2NO4/c1-14-6-9-17(25)12-20(14)26-21(27)13-30-23(29)19-5-3-2-4-18(19)22(28)15-7-10-16(24)11-8-15/h2-12H,13H2,1H3,(H,26,27). The van der Waals surface area contributed by atoms with Gasteiger partial charge in [0.05, 0.1) is 5.56 Å². The predicted molar refractivity (Wildman–Crippen MR) is 116 cm³/mol. The summed E-state index contributed by atoms with van der Waals surface area (Å²) in [6.07, 6.45) is 0. The number of amides is 1. The molecule has 0 aliphatic heterocycles. The first-order valence-corrected chi connectivity index (χ1v) is 9.73. The molecule has 7 heteroatoms. The third kappa shape index (κ3) is 5.26. The number of hydrogen-bond acceptors (Lipinski definition) is 4. The van der Waals surface area contributed by atoms with Gasteiger partial charge in [0.1, 0.15) is 0 Å². The maximum atomic E-state index is 12.8. The van der Waals surface area contributed by atoms with Gasteiger partial charge in [-0.1, -0.05) is 47.5 Å². The molecule has 0 saturated heterocycles. The summed E-state index contributed by atoms with van der Waals surface area (Å²) in [5.41, 5.74) is 1.98. The van der Waals surface area contributed by atoms with E-state index in [1.807, 2.05) is 6.92 Å². The second-order valence-electron chi connectivity index (χ2n) is 6.47. The fraction of sp³-hybridized carbons (Fsp3) is 0.0870. The molecule has 3 rings (SSSR count). The lowest BCUT2D eigenvalue weighted by Gasteiger charge is -2.11. The van der Waals surface area contributed by atoms with Gasteiger partial charge in [0, 0.05) is 26.9 Å². The third-order valence-corrected chi connectivity index (χ3v) is 4.79. The van der Waals surface area contributed by atoms with Crippen LogP contribution in [0.5, 0.6) is 0 Å². The van der Waals surface area contributed by atoms with E-state index < -0.39 is 18.5 Å². The molecule has 152 valence electrons. The molecule has 0 unspecified atom stereocenters. The molecule has 1 amide bonds. The lowest BCUT2D eigenvalue weighted by molar-refractivity contribution is -0.119. The van der Waals surface area contributed by atoms with Crippen molar-refractivity contribution in [1.29, 1.82) is 0 Å². The minimum atomic E-state index is -0.772. The minimum Gasteiger partial charge on any atom is -0.452 e. The van der Waals surface area contributed by atoms with Gasteiger partial charge in [-0.3, -0.25) is 9.59 Å². The van der Waals surface area contributed by atoms with Crippen molar-refractivity contribution in [3.05, 3.63) is 99.0 Å². The van der Waals surface area contributed by atoms with Crippen LogP contribution in [0.4, 0.5) is 5.69 Å². The van der Waals surface area contributed by atoms with Crippen LogP contribution >= 0.6 is 23.2 Å². The van der Waals surface area contributed by atoms with Crippen molar-refractivity contribution in [2.24, 2.45) is 0 Å². The molecule has 0 atom stereocenters. The second kappa shape index (κ2) is 9.57. The Morgan fingerprint density at radius 2 is 1.50 bits per heavy atom. The van der Waals surface area contributed by atoms with E-state index in [4.69, 9.17) is 27.9 Å². The zero-order valence-corrected chi connectivity index (χ0v) is 17.5. The van der Waals surface area contributed by atoms with Crippen molar-refractivity contribution in [2.75, 3.05) is 11.9 Å². The Morgan fingerprint density at radius 1 is 0.867 bits per heavy atom. The van der Waals surface area contributed by atoms with E-state index in [2.05, 4.69) is 5.32 Å². The summed E-state index contributed by atoms with van der Waals surface area (Å²) in [6.45, 7) is 1.31. The number of hydrogen-bond donors (Lipinski definition) is 1. The predicted octanol–water partition coefficient (Wildman–Crippen LogP) is 5.33. The van der Waals surface area contributed by atoms with E-state index in [9.17, 15) is 14.4 Å². The summed E-state index contributed by atoms with van der Waals surface area (Å²) in [7, 11) is 0. The molecule has 0 saturated carbocycles. The normalized spacial score (nSPS) is 10.4. The van der Waals surface area contributed by atoms with Gasteiger partial charge >= 0.3 is 5.97 Å². The molecular formula is C23H17Cl2NO4. The van der Waals surface area contributed by atoms with Gasteiger partial charge < -0.3 is 10.1 Å². The number of halogens is 2. The van der Waals surface area contributed by atoms with E-state index in [1.54, 1.807) is 54.6 Å². The Hall–Kier alpha value is -3.15. The minimum absolute atomic E-state index is 0.0733. The molecule has 0 radical (unpaired) electrons. The van der Waals surface area contributed by atoms with Crippen LogP contribution in [0.15, 0.2) is 66.7 Å². The maximum absolute atomic E-state index is 12.8. The van der Waals surface area contributed by atoms with Crippen molar-refractivity contribution in [3.63, 3.8) is 0 Å². The number of rotatable bonds is 6. The van der Waals surface area contributed by atoms with Crippen molar-refractivity contribution in [2.45, 2.75) is 6.92 Å². The average Bonchev–Trinajstić information content (AvgIpc) is 2.74. The van der Waals surface area contributed by atoms with Crippen LogP contribution in [0.2, 0.25) is 10.0 Å². The maximum Gasteiger partial charge on any atom is 0.339 e. The molecule has 0 bridgehead atoms. The molecule has 0 aliphatic rings. The topological polar surface area (TPSA) is 72.5 Å². The Labute approximate surface area is 183 Å². The molecule has 0 aromatic heterocycles. The first-order chi connectivity index (χ1) is 14.3.